The lowest BCUT2D eigenvalue weighted by Crippen LogP contribution is -2.18. The van der Waals surface area contributed by atoms with E-state index in [0.29, 0.717) is 0 Å². The van der Waals surface area contributed by atoms with E-state index in [0.717, 1.165) is 6.42 Å². The van der Waals surface area contributed by atoms with Crippen LogP contribution in [-0.2, 0) is 0 Å². The Morgan fingerprint density at radius 1 is 1.40 bits per heavy atom. The van der Waals surface area contributed by atoms with E-state index in [2.05, 4.69) is 18.4 Å². The molecule has 0 unspecified atom stereocenters. The van der Waals surface area contributed by atoms with Crippen LogP contribution >= 0.6 is 11.8 Å². The normalized spacial score (nSPS) is 15.5. The molecule has 1 atom stereocenters. The first-order valence-electron chi connectivity index (χ1n) is 5.13. The Morgan fingerprint density at radius 2 is 2.07 bits per heavy atom. The standard InChI is InChI=1S/C13H18OS/c1-4-13(2,14)10-9-11-7-5-6-8-12(11)15-3/h5-10,14H,4H2,1-3H3/b10-9+/t13-/m1/s1. The van der Waals surface area contributed by atoms with E-state index in [1.54, 1.807) is 11.8 Å². The second-order valence-electron chi connectivity index (χ2n) is 3.79. The van der Waals surface area contributed by atoms with Crippen molar-refractivity contribution in [2.75, 3.05) is 6.26 Å². The third kappa shape index (κ3) is 3.73. The van der Waals surface area contributed by atoms with E-state index in [4.69, 9.17) is 0 Å². The van der Waals surface area contributed by atoms with Crippen LogP contribution in [0.3, 0.4) is 0 Å². The fraction of sp³-hybridized carbons (Fsp3) is 0.385. The van der Waals surface area contributed by atoms with Crippen LogP contribution in [0, 0.1) is 0 Å². The molecule has 82 valence electrons. The minimum atomic E-state index is -0.703. The number of benzene rings is 1. The molecule has 0 saturated heterocycles. The highest BCUT2D eigenvalue weighted by Crippen LogP contribution is 2.22. The Balaban J connectivity index is 2.89. The summed E-state index contributed by atoms with van der Waals surface area (Å²) in [6, 6.07) is 8.19. The zero-order chi connectivity index (χ0) is 11.3. The molecule has 0 aliphatic carbocycles. The summed E-state index contributed by atoms with van der Waals surface area (Å²) in [6.07, 6.45) is 6.65. The molecule has 0 aliphatic rings. The van der Waals surface area contributed by atoms with Gasteiger partial charge in [0, 0.05) is 4.90 Å². The van der Waals surface area contributed by atoms with Crippen molar-refractivity contribution < 1.29 is 5.11 Å². The molecular formula is C13H18OS. The minimum absolute atomic E-state index is 0.703. The molecule has 0 spiro atoms. The quantitative estimate of drug-likeness (QED) is 0.786. The largest absolute Gasteiger partial charge is 0.386 e. The Bertz CT molecular complexity index is 342. The van der Waals surface area contributed by atoms with E-state index < -0.39 is 5.60 Å². The summed E-state index contributed by atoms with van der Waals surface area (Å²) >= 11 is 1.72. The van der Waals surface area contributed by atoms with Crippen LogP contribution < -0.4 is 0 Å². The second kappa shape index (κ2) is 5.38. The summed E-state index contributed by atoms with van der Waals surface area (Å²) in [6.45, 7) is 3.80. The Labute approximate surface area is 96.2 Å². The van der Waals surface area contributed by atoms with Gasteiger partial charge in [0.25, 0.3) is 0 Å². The van der Waals surface area contributed by atoms with Crippen molar-refractivity contribution in [2.24, 2.45) is 0 Å². The molecule has 0 bridgehead atoms. The van der Waals surface area contributed by atoms with Gasteiger partial charge < -0.3 is 5.11 Å². The molecule has 1 aromatic rings. The first kappa shape index (κ1) is 12.3. The molecule has 2 heteroatoms. The first-order valence-corrected chi connectivity index (χ1v) is 6.36. The molecule has 1 aromatic carbocycles. The molecule has 1 nitrogen and oxygen atoms in total. The van der Waals surface area contributed by atoms with Crippen molar-refractivity contribution in [3.05, 3.63) is 35.9 Å². The molecule has 1 N–H and O–H groups in total. The van der Waals surface area contributed by atoms with Crippen LogP contribution in [0.15, 0.2) is 35.2 Å². The summed E-state index contributed by atoms with van der Waals surface area (Å²) in [5.74, 6) is 0. The van der Waals surface area contributed by atoms with Crippen molar-refractivity contribution in [1.29, 1.82) is 0 Å². The van der Waals surface area contributed by atoms with Gasteiger partial charge in [0.1, 0.15) is 0 Å². The summed E-state index contributed by atoms with van der Waals surface area (Å²) in [5.41, 5.74) is 0.463. The van der Waals surface area contributed by atoms with Crippen LogP contribution in [-0.4, -0.2) is 17.0 Å². The maximum atomic E-state index is 9.85. The second-order valence-corrected chi connectivity index (χ2v) is 4.63. The van der Waals surface area contributed by atoms with Crippen molar-refractivity contribution >= 4 is 17.8 Å². The zero-order valence-electron chi connectivity index (χ0n) is 9.53. The summed E-state index contributed by atoms with van der Waals surface area (Å²) in [7, 11) is 0. The Morgan fingerprint density at radius 3 is 2.67 bits per heavy atom. The topological polar surface area (TPSA) is 20.2 Å². The van der Waals surface area contributed by atoms with Gasteiger partial charge in [0.05, 0.1) is 5.60 Å². The zero-order valence-corrected chi connectivity index (χ0v) is 10.3. The molecule has 0 heterocycles. The maximum Gasteiger partial charge on any atom is 0.0800 e. The van der Waals surface area contributed by atoms with Gasteiger partial charge in [-0.2, -0.15) is 0 Å². The van der Waals surface area contributed by atoms with Gasteiger partial charge in [-0.1, -0.05) is 37.3 Å². The summed E-state index contributed by atoms with van der Waals surface area (Å²) < 4.78 is 0. The predicted octanol–water partition coefficient (Wildman–Crippen LogP) is 3.58. The van der Waals surface area contributed by atoms with Gasteiger partial charge in [0.2, 0.25) is 0 Å². The van der Waals surface area contributed by atoms with Gasteiger partial charge >= 0.3 is 0 Å². The van der Waals surface area contributed by atoms with E-state index in [1.165, 1.54) is 10.5 Å². The van der Waals surface area contributed by atoms with Crippen LogP contribution in [0.2, 0.25) is 0 Å². The lowest BCUT2D eigenvalue weighted by Gasteiger charge is -2.15. The molecule has 0 amide bonds. The molecule has 0 fully saturated rings. The SMILES string of the molecule is CC[C@@](C)(O)/C=C/c1ccccc1SC. The van der Waals surface area contributed by atoms with Crippen LogP contribution in [0.25, 0.3) is 6.08 Å². The van der Waals surface area contributed by atoms with Gasteiger partial charge in [-0.15, -0.1) is 11.8 Å². The van der Waals surface area contributed by atoms with E-state index in [1.807, 2.05) is 38.1 Å². The molecular weight excluding hydrogens is 204 g/mol. The third-order valence-corrected chi connectivity index (χ3v) is 3.29. The van der Waals surface area contributed by atoms with E-state index in [9.17, 15) is 5.11 Å². The molecule has 0 aliphatic heterocycles. The molecule has 15 heavy (non-hydrogen) atoms. The lowest BCUT2D eigenvalue weighted by atomic mass is 10.0. The predicted molar refractivity (Wildman–Crippen MR) is 68.2 cm³/mol. The van der Waals surface area contributed by atoms with E-state index in [-0.39, 0.29) is 0 Å². The average Bonchev–Trinajstić information content (AvgIpc) is 2.27. The highest BCUT2D eigenvalue weighted by Gasteiger charge is 2.12. The lowest BCUT2D eigenvalue weighted by molar-refractivity contribution is 0.108. The highest BCUT2D eigenvalue weighted by atomic mass is 32.2. The molecule has 0 aromatic heterocycles. The number of hydrogen-bond donors (Lipinski definition) is 1. The number of hydrogen-bond acceptors (Lipinski definition) is 2. The maximum absolute atomic E-state index is 9.85. The highest BCUT2D eigenvalue weighted by molar-refractivity contribution is 7.98. The fourth-order valence-corrected chi connectivity index (χ4v) is 1.78. The first-order chi connectivity index (χ1) is 7.09. The van der Waals surface area contributed by atoms with E-state index >= 15 is 0 Å². The molecule has 1 rings (SSSR count). The summed E-state index contributed by atoms with van der Waals surface area (Å²) in [4.78, 5) is 1.24. The molecule has 0 saturated carbocycles. The minimum Gasteiger partial charge on any atom is -0.386 e. The average molecular weight is 222 g/mol. The van der Waals surface area contributed by atoms with Gasteiger partial charge in [-0.05, 0) is 31.2 Å². The van der Waals surface area contributed by atoms with Gasteiger partial charge in [-0.3, -0.25) is 0 Å². The van der Waals surface area contributed by atoms with Gasteiger partial charge in [0.15, 0.2) is 0 Å². The Kier molecular flexibility index (Phi) is 4.43. The Hall–Kier alpha value is -0.730. The number of thioether (sulfide) groups is 1. The van der Waals surface area contributed by atoms with Crippen molar-refractivity contribution in [3.8, 4) is 0 Å². The smallest absolute Gasteiger partial charge is 0.0800 e. The van der Waals surface area contributed by atoms with Crippen LogP contribution in [0.4, 0.5) is 0 Å². The number of rotatable bonds is 4. The van der Waals surface area contributed by atoms with Crippen LogP contribution in [0.5, 0.6) is 0 Å². The van der Waals surface area contributed by atoms with Gasteiger partial charge in [-0.25, -0.2) is 0 Å². The third-order valence-electron chi connectivity index (χ3n) is 2.48. The van der Waals surface area contributed by atoms with Crippen molar-refractivity contribution in [1.82, 2.24) is 0 Å². The number of aliphatic hydroxyl groups is 1. The monoisotopic (exact) mass is 222 g/mol. The van der Waals surface area contributed by atoms with Crippen molar-refractivity contribution in [3.63, 3.8) is 0 Å². The molecule has 0 radical (unpaired) electrons. The fourth-order valence-electron chi connectivity index (χ4n) is 1.19. The van der Waals surface area contributed by atoms with Crippen LogP contribution in [0.1, 0.15) is 25.8 Å². The van der Waals surface area contributed by atoms with Crippen molar-refractivity contribution in [2.45, 2.75) is 30.8 Å². The summed E-state index contributed by atoms with van der Waals surface area (Å²) in [5, 5.41) is 9.85.